The van der Waals surface area contributed by atoms with Gasteiger partial charge in [-0.2, -0.15) is 0 Å². The summed E-state index contributed by atoms with van der Waals surface area (Å²) in [5, 5.41) is 6.21. The molecule has 0 aliphatic rings. The third-order valence-corrected chi connectivity index (χ3v) is 3.06. The number of halogens is 1. The van der Waals surface area contributed by atoms with Crippen LogP contribution < -0.4 is 15.8 Å². The molecule has 112 valence electrons. The van der Waals surface area contributed by atoms with Gasteiger partial charge in [0.15, 0.2) is 5.82 Å². The fourth-order valence-electron chi connectivity index (χ4n) is 1.60. The molecule has 0 aliphatic heterocycles. The maximum absolute atomic E-state index is 11.6. The number of hydrogen-bond acceptors (Lipinski definition) is 5. The van der Waals surface area contributed by atoms with E-state index in [4.69, 9.17) is 4.74 Å². The number of ether oxygens (including phenoxy) is 1. The lowest BCUT2D eigenvalue weighted by Gasteiger charge is -2.07. The Morgan fingerprint density at radius 1 is 1.48 bits per heavy atom. The molecule has 0 atom stereocenters. The van der Waals surface area contributed by atoms with Crippen LogP contribution in [0.2, 0.25) is 0 Å². The van der Waals surface area contributed by atoms with Gasteiger partial charge in [0.25, 0.3) is 0 Å². The van der Waals surface area contributed by atoms with Gasteiger partial charge >= 0.3 is 5.76 Å². The van der Waals surface area contributed by atoms with Gasteiger partial charge in [-0.3, -0.25) is 14.3 Å². The predicted molar refractivity (Wildman–Crippen MR) is 78.1 cm³/mol. The average Bonchev–Trinajstić information content (AvgIpc) is 2.84. The van der Waals surface area contributed by atoms with Crippen molar-refractivity contribution in [2.24, 2.45) is 0 Å². The maximum atomic E-state index is 11.6. The van der Waals surface area contributed by atoms with Crippen molar-refractivity contribution < 1.29 is 14.1 Å². The van der Waals surface area contributed by atoms with Gasteiger partial charge in [0.2, 0.25) is 5.91 Å². The molecule has 2 aromatic rings. The van der Waals surface area contributed by atoms with Crippen LogP contribution in [0.3, 0.4) is 0 Å². The number of nitrogens with one attached hydrogen (secondary N) is 2. The molecule has 7 nitrogen and oxygen atoms in total. The molecule has 0 spiro atoms. The van der Waals surface area contributed by atoms with Crippen molar-refractivity contribution in [3.05, 3.63) is 45.1 Å². The van der Waals surface area contributed by atoms with Gasteiger partial charge in [-0.25, -0.2) is 4.79 Å². The molecule has 0 saturated carbocycles. The second-order valence-corrected chi connectivity index (χ2v) is 5.11. The lowest BCUT2D eigenvalue weighted by Crippen LogP contribution is -2.27. The Bertz CT molecular complexity index is 653. The van der Waals surface area contributed by atoms with Gasteiger partial charge < -0.3 is 10.1 Å². The molecular weight excluding hydrogens is 342 g/mol. The Morgan fingerprint density at radius 2 is 2.33 bits per heavy atom. The van der Waals surface area contributed by atoms with Crippen LogP contribution in [0.4, 0.5) is 0 Å². The molecule has 1 amide bonds. The fraction of sp³-hybridized carbons (Fsp3) is 0.308. The van der Waals surface area contributed by atoms with Crippen molar-refractivity contribution in [2.45, 2.75) is 12.8 Å². The Morgan fingerprint density at radius 3 is 3.05 bits per heavy atom. The molecule has 21 heavy (non-hydrogen) atoms. The first kappa shape index (κ1) is 15.3. The Hall–Kier alpha value is -2.09. The first-order valence-corrected chi connectivity index (χ1v) is 7.13. The van der Waals surface area contributed by atoms with E-state index in [-0.39, 0.29) is 12.3 Å². The number of carbonyl (C=O) groups is 1. The van der Waals surface area contributed by atoms with E-state index in [0.717, 1.165) is 4.47 Å². The first-order valence-electron chi connectivity index (χ1n) is 6.33. The number of hydrogen-bond donors (Lipinski definition) is 2. The highest BCUT2D eigenvalue weighted by atomic mass is 79.9. The summed E-state index contributed by atoms with van der Waals surface area (Å²) in [6, 6.07) is 7.41. The second kappa shape index (κ2) is 7.63. The van der Waals surface area contributed by atoms with E-state index in [9.17, 15) is 9.59 Å². The molecule has 2 N–H and O–H groups in total. The molecule has 0 saturated heterocycles. The van der Waals surface area contributed by atoms with Crippen LogP contribution in [0.25, 0.3) is 0 Å². The highest BCUT2D eigenvalue weighted by Crippen LogP contribution is 2.17. The molecule has 1 heterocycles. The van der Waals surface area contributed by atoms with E-state index in [1.807, 2.05) is 24.3 Å². The number of amides is 1. The molecular formula is C13H14BrN3O4. The molecule has 8 heteroatoms. The summed E-state index contributed by atoms with van der Waals surface area (Å²) in [6.45, 7) is 0.668. The predicted octanol–water partition coefficient (Wildman–Crippen LogP) is 1.25. The van der Waals surface area contributed by atoms with E-state index in [0.29, 0.717) is 31.1 Å². The third kappa shape index (κ3) is 5.42. The van der Waals surface area contributed by atoms with Crippen molar-refractivity contribution >= 4 is 21.8 Å². The van der Waals surface area contributed by atoms with E-state index < -0.39 is 5.76 Å². The van der Waals surface area contributed by atoms with Crippen molar-refractivity contribution in [3.63, 3.8) is 0 Å². The van der Waals surface area contributed by atoms with Gasteiger partial charge in [0.05, 0.1) is 13.0 Å². The zero-order valence-corrected chi connectivity index (χ0v) is 12.7. The summed E-state index contributed by atoms with van der Waals surface area (Å²) in [5.74, 6) is 0.387. The van der Waals surface area contributed by atoms with Gasteiger partial charge in [0, 0.05) is 17.4 Å². The number of benzene rings is 1. The SMILES string of the molecule is O=C(CCOc1cccc(Br)c1)NCCc1noc(=O)[nH]1. The van der Waals surface area contributed by atoms with Crippen molar-refractivity contribution in [2.75, 3.05) is 13.2 Å². The van der Waals surface area contributed by atoms with Gasteiger partial charge in [-0.1, -0.05) is 27.2 Å². The topological polar surface area (TPSA) is 97.2 Å². The third-order valence-electron chi connectivity index (χ3n) is 2.56. The van der Waals surface area contributed by atoms with E-state index in [1.54, 1.807) is 0 Å². The van der Waals surface area contributed by atoms with E-state index in [1.165, 1.54) is 0 Å². The van der Waals surface area contributed by atoms with Crippen LogP contribution in [0, 0.1) is 0 Å². The number of aromatic nitrogens is 2. The number of rotatable bonds is 7. The van der Waals surface area contributed by atoms with E-state index >= 15 is 0 Å². The second-order valence-electron chi connectivity index (χ2n) is 4.20. The standard InChI is InChI=1S/C13H14BrN3O4/c14-9-2-1-3-10(8-9)20-7-5-12(18)15-6-4-11-16-13(19)21-17-11/h1-3,8H,4-7H2,(H,15,18)(H,16,17,19). The lowest BCUT2D eigenvalue weighted by atomic mass is 10.3. The number of nitrogens with zero attached hydrogens (tertiary/aromatic N) is 1. The van der Waals surface area contributed by atoms with Crippen LogP contribution >= 0.6 is 15.9 Å². The molecule has 2 rings (SSSR count). The van der Waals surface area contributed by atoms with Gasteiger partial charge in [-0.15, -0.1) is 0 Å². The smallest absolute Gasteiger partial charge is 0.438 e. The number of H-pyrrole nitrogens is 1. The van der Waals surface area contributed by atoms with Gasteiger partial charge in [-0.05, 0) is 18.2 Å². The summed E-state index contributed by atoms with van der Waals surface area (Å²) in [5.41, 5.74) is 0. The van der Waals surface area contributed by atoms with Crippen LogP contribution in [0.5, 0.6) is 5.75 Å². The Kier molecular flexibility index (Phi) is 5.56. The average molecular weight is 356 g/mol. The van der Waals surface area contributed by atoms with Crippen molar-refractivity contribution in [3.8, 4) is 5.75 Å². The summed E-state index contributed by atoms with van der Waals surface area (Å²) < 4.78 is 10.7. The lowest BCUT2D eigenvalue weighted by molar-refractivity contribution is -0.121. The summed E-state index contributed by atoms with van der Waals surface area (Å²) >= 11 is 3.34. The summed E-state index contributed by atoms with van der Waals surface area (Å²) in [6.07, 6.45) is 0.659. The Balaban J connectivity index is 1.62. The quantitative estimate of drug-likeness (QED) is 0.778. The summed E-state index contributed by atoms with van der Waals surface area (Å²) in [4.78, 5) is 24.7. The van der Waals surface area contributed by atoms with Crippen molar-refractivity contribution in [1.82, 2.24) is 15.5 Å². The Labute approximate surface area is 128 Å². The molecule has 0 radical (unpaired) electrons. The molecule has 0 fully saturated rings. The molecule has 1 aromatic carbocycles. The minimum atomic E-state index is -0.598. The normalized spacial score (nSPS) is 10.3. The van der Waals surface area contributed by atoms with Crippen LogP contribution in [-0.4, -0.2) is 29.2 Å². The zero-order chi connectivity index (χ0) is 15.1. The van der Waals surface area contributed by atoms with Crippen LogP contribution in [-0.2, 0) is 11.2 Å². The molecule has 1 aromatic heterocycles. The number of aromatic amines is 1. The largest absolute Gasteiger partial charge is 0.493 e. The molecule has 0 aliphatic carbocycles. The zero-order valence-electron chi connectivity index (χ0n) is 11.1. The molecule has 0 bridgehead atoms. The minimum absolute atomic E-state index is 0.129. The summed E-state index contributed by atoms with van der Waals surface area (Å²) in [7, 11) is 0. The van der Waals surface area contributed by atoms with Crippen LogP contribution in [0.1, 0.15) is 12.2 Å². The highest BCUT2D eigenvalue weighted by Gasteiger charge is 2.04. The van der Waals surface area contributed by atoms with Crippen molar-refractivity contribution in [1.29, 1.82) is 0 Å². The molecule has 0 unspecified atom stereocenters. The van der Waals surface area contributed by atoms with Crippen LogP contribution in [0.15, 0.2) is 38.1 Å². The van der Waals surface area contributed by atoms with E-state index in [2.05, 4.69) is 35.9 Å². The fourth-order valence-corrected chi connectivity index (χ4v) is 1.97. The number of carbonyl (C=O) groups excluding carboxylic acids is 1. The van der Waals surface area contributed by atoms with Gasteiger partial charge in [0.1, 0.15) is 5.75 Å². The first-order chi connectivity index (χ1) is 10.1. The minimum Gasteiger partial charge on any atom is -0.493 e. The monoisotopic (exact) mass is 355 g/mol. The maximum Gasteiger partial charge on any atom is 0.438 e. The highest BCUT2D eigenvalue weighted by molar-refractivity contribution is 9.10.